The molecule has 0 atom stereocenters. The third-order valence-electron chi connectivity index (χ3n) is 4.72. The number of halogens is 2. The number of para-hydroxylation sites is 1. The maximum atomic E-state index is 14.6. The number of anilines is 1. The molecule has 0 saturated carbocycles. The summed E-state index contributed by atoms with van der Waals surface area (Å²) < 4.78 is 20.9. The summed E-state index contributed by atoms with van der Waals surface area (Å²) in [6, 6.07) is 21.4. The zero-order chi connectivity index (χ0) is 21.1. The van der Waals surface area contributed by atoms with Gasteiger partial charge >= 0.3 is 0 Å². The molecule has 0 N–H and O–H groups in total. The standard InChI is InChI=1S/C25H19BrFNO2/c1-2-30-24-13-12-17(15-20(24)26)14-19-16-23(18-8-4-3-5-9-18)28(25(19)29)22-11-7-6-10-21(22)27/h3-16H,2H2,1H3/b19-14+. The van der Waals surface area contributed by atoms with Gasteiger partial charge in [-0.05, 0) is 70.4 Å². The summed E-state index contributed by atoms with van der Waals surface area (Å²) in [6.07, 6.45) is 3.60. The van der Waals surface area contributed by atoms with Crippen molar-refractivity contribution in [2.24, 2.45) is 0 Å². The quantitative estimate of drug-likeness (QED) is 0.406. The highest BCUT2D eigenvalue weighted by Crippen LogP contribution is 2.37. The van der Waals surface area contributed by atoms with Crippen LogP contribution in [0.1, 0.15) is 18.1 Å². The minimum Gasteiger partial charge on any atom is -0.493 e. The topological polar surface area (TPSA) is 29.5 Å². The van der Waals surface area contributed by atoms with Crippen LogP contribution in [-0.2, 0) is 4.79 Å². The van der Waals surface area contributed by atoms with Gasteiger partial charge in [-0.1, -0.05) is 48.5 Å². The number of rotatable bonds is 5. The smallest absolute Gasteiger partial charge is 0.263 e. The first-order chi connectivity index (χ1) is 14.6. The molecule has 1 amide bonds. The molecule has 0 aromatic heterocycles. The van der Waals surface area contributed by atoms with Crippen molar-refractivity contribution >= 4 is 39.3 Å². The summed E-state index contributed by atoms with van der Waals surface area (Å²) in [6.45, 7) is 2.49. The first-order valence-electron chi connectivity index (χ1n) is 9.58. The molecule has 4 rings (SSSR count). The lowest BCUT2D eigenvalue weighted by molar-refractivity contribution is -0.113. The van der Waals surface area contributed by atoms with E-state index in [2.05, 4.69) is 15.9 Å². The lowest BCUT2D eigenvalue weighted by Crippen LogP contribution is -2.25. The van der Waals surface area contributed by atoms with E-state index in [0.717, 1.165) is 21.3 Å². The zero-order valence-electron chi connectivity index (χ0n) is 16.3. The van der Waals surface area contributed by atoms with E-state index < -0.39 is 5.82 Å². The number of ether oxygens (including phenoxy) is 1. The van der Waals surface area contributed by atoms with Gasteiger partial charge < -0.3 is 4.74 Å². The largest absolute Gasteiger partial charge is 0.493 e. The zero-order valence-corrected chi connectivity index (χ0v) is 17.9. The van der Waals surface area contributed by atoms with Crippen LogP contribution >= 0.6 is 15.9 Å². The van der Waals surface area contributed by atoms with Gasteiger partial charge in [-0.25, -0.2) is 4.39 Å². The molecule has 3 aromatic carbocycles. The number of carbonyl (C=O) groups is 1. The fourth-order valence-corrected chi connectivity index (χ4v) is 3.88. The van der Waals surface area contributed by atoms with Crippen molar-refractivity contribution in [3.63, 3.8) is 0 Å². The fourth-order valence-electron chi connectivity index (χ4n) is 3.37. The summed E-state index contributed by atoms with van der Waals surface area (Å²) in [4.78, 5) is 14.7. The molecule has 1 heterocycles. The van der Waals surface area contributed by atoms with E-state index in [0.29, 0.717) is 17.9 Å². The first kappa shape index (κ1) is 20.1. The Morgan fingerprint density at radius 3 is 2.47 bits per heavy atom. The van der Waals surface area contributed by atoms with Crippen LogP contribution in [0.4, 0.5) is 10.1 Å². The second kappa shape index (κ2) is 8.67. The summed E-state index contributed by atoms with van der Waals surface area (Å²) in [5.41, 5.74) is 3.03. The van der Waals surface area contributed by atoms with Gasteiger partial charge in [0.25, 0.3) is 5.91 Å². The van der Waals surface area contributed by atoms with E-state index in [-0.39, 0.29) is 11.6 Å². The average molecular weight is 464 g/mol. The molecule has 0 spiro atoms. The molecule has 30 heavy (non-hydrogen) atoms. The third kappa shape index (κ3) is 3.94. The second-order valence-electron chi connectivity index (χ2n) is 6.71. The molecule has 1 aliphatic heterocycles. The minimum absolute atomic E-state index is 0.230. The molecule has 5 heteroatoms. The number of nitrogens with zero attached hydrogens (tertiary/aromatic N) is 1. The Hall–Kier alpha value is -3.18. The highest BCUT2D eigenvalue weighted by molar-refractivity contribution is 9.10. The SMILES string of the molecule is CCOc1ccc(/C=C2\C=C(c3ccccc3)N(c3ccccc3F)C2=O)cc1Br. The number of amides is 1. The highest BCUT2D eigenvalue weighted by Gasteiger charge is 2.31. The summed E-state index contributed by atoms with van der Waals surface area (Å²) >= 11 is 3.50. The number of hydrogen-bond donors (Lipinski definition) is 0. The van der Waals surface area contributed by atoms with Crippen LogP contribution in [0.2, 0.25) is 0 Å². The molecule has 0 fully saturated rings. The monoisotopic (exact) mass is 463 g/mol. The van der Waals surface area contributed by atoms with E-state index >= 15 is 0 Å². The van der Waals surface area contributed by atoms with Gasteiger partial charge in [0.05, 0.1) is 22.5 Å². The molecular formula is C25H19BrFNO2. The van der Waals surface area contributed by atoms with Crippen LogP contribution in [0.3, 0.4) is 0 Å². The van der Waals surface area contributed by atoms with Crippen molar-refractivity contribution in [3.05, 3.63) is 106 Å². The normalized spacial score (nSPS) is 14.9. The lowest BCUT2D eigenvalue weighted by Gasteiger charge is -2.21. The summed E-state index contributed by atoms with van der Waals surface area (Å²) in [7, 11) is 0. The Bertz CT molecular complexity index is 1150. The number of hydrogen-bond acceptors (Lipinski definition) is 2. The van der Waals surface area contributed by atoms with Crippen LogP contribution < -0.4 is 9.64 Å². The van der Waals surface area contributed by atoms with E-state index in [4.69, 9.17) is 4.74 Å². The van der Waals surface area contributed by atoms with Crippen molar-refractivity contribution in [2.75, 3.05) is 11.5 Å². The van der Waals surface area contributed by atoms with Crippen LogP contribution in [0.25, 0.3) is 11.8 Å². The third-order valence-corrected chi connectivity index (χ3v) is 5.34. The van der Waals surface area contributed by atoms with Crippen LogP contribution in [0.5, 0.6) is 5.75 Å². The van der Waals surface area contributed by atoms with Gasteiger partial charge in [0.15, 0.2) is 0 Å². The minimum atomic E-state index is -0.447. The van der Waals surface area contributed by atoms with Crippen molar-refractivity contribution in [2.45, 2.75) is 6.92 Å². The van der Waals surface area contributed by atoms with Gasteiger partial charge in [0.1, 0.15) is 11.6 Å². The van der Waals surface area contributed by atoms with Crippen LogP contribution in [0, 0.1) is 5.82 Å². The Labute approximate surface area is 183 Å². The molecule has 0 radical (unpaired) electrons. The molecule has 3 aromatic rings. The van der Waals surface area contributed by atoms with E-state index in [9.17, 15) is 9.18 Å². The Morgan fingerprint density at radius 2 is 1.77 bits per heavy atom. The average Bonchev–Trinajstić information content (AvgIpc) is 3.07. The molecular weight excluding hydrogens is 445 g/mol. The van der Waals surface area contributed by atoms with Gasteiger partial charge in [-0.15, -0.1) is 0 Å². The second-order valence-corrected chi connectivity index (χ2v) is 7.56. The van der Waals surface area contributed by atoms with E-state index in [1.165, 1.54) is 11.0 Å². The molecule has 0 saturated heterocycles. The van der Waals surface area contributed by atoms with E-state index in [1.807, 2.05) is 55.5 Å². The predicted octanol–water partition coefficient (Wildman–Crippen LogP) is 6.46. The maximum Gasteiger partial charge on any atom is 0.263 e. The van der Waals surface area contributed by atoms with Crippen LogP contribution in [0.15, 0.2) is 88.9 Å². The van der Waals surface area contributed by atoms with Gasteiger partial charge in [-0.2, -0.15) is 0 Å². The van der Waals surface area contributed by atoms with Crippen molar-refractivity contribution < 1.29 is 13.9 Å². The first-order valence-corrected chi connectivity index (χ1v) is 10.4. The van der Waals surface area contributed by atoms with Crippen molar-refractivity contribution in [3.8, 4) is 5.75 Å². The molecule has 3 nitrogen and oxygen atoms in total. The number of benzene rings is 3. The van der Waals surface area contributed by atoms with Gasteiger partial charge in [0.2, 0.25) is 0 Å². The van der Waals surface area contributed by atoms with E-state index in [1.54, 1.807) is 30.4 Å². The van der Waals surface area contributed by atoms with Crippen molar-refractivity contribution in [1.82, 2.24) is 0 Å². The molecule has 0 aliphatic carbocycles. The maximum absolute atomic E-state index is 14.6. The highest BCUT2D eigenvalue weighted by atomic mass is 79.9. The number of carbonyl (C=O) groups excluding carboxylic acids is 1. The Morgan fingerprint density at radius 1 is 1.03 bits per heavy atom. The summed E-state index contributed by atoms with van der Waals surface area (Å²) in [5.74, 6) is 0.0209. The summed E-state index contributed by atoms with van der Waals surface area (Å²) in [5, 5.41) is 0. The van der Waals surface area contributed by atoms with Gasteiger partial charge in [0, 0.05) is 5.57 Å². The Kier molecular flexibility index (Phi) is 5.81. The Balaban J connectivity index is 1.79. The van der Waals surface area contributed by atoms with Crippen molar-refractivity contribution in [1.29, 1.82) is 0 Å². The fraction of sp³-hybridized carbons (Fsp3) is 0.0800. The molecule has 150 valence electrons. The molecule has 1 aliphatic rings. The molecule has 0 bridgehead atoms. The predicted molar refractivity (Wildman–Crippen MR) is 122 cm³/mol. The lowest BCUT2D eigenvalue weighted by atomic mass is 10.1. The molecule has 0 unspecified atom stereocenters. The van der Waals surface area contributed by atoms with Crippen LogP contribution in [-0.4, -0.2) is 12.5 Å². The van der Waals surface area contributed by atoms with Gasteiger partial charge in [-0.3, -0.25) is 9.69 Å².